The lowest BCUT2D eigenvalue weighted by Gasteiger charge is -1.96. The molecule has 2 rings (SSSR count). The number of aromatic nitrogens is 3. The lowest BCUT2D eigenvalue weighted by atomic mass is 10.4. The smallest absolute Gasteiger partial charge is 0.159 e. The Morgan fingerprint density at radius 2 is 2.00 bits per heavy atom. The van der Waals surface area contributed by atoms with Gasteiger partial charge in [0.15, 0.2) is 5.65 Å². The second-order valence-electron chi connectivity index (χ2n) is 2.24. The number of fused-ring (bicyclic) bond motifs is 1. The molecule has 0 aliphatic heterocycles. The lowest BCUT2D eigenvalue weighted by molar-refractivity contribution is 0.962. The molecule has 0 aromatic carbocycles. The molecule has 11 heavy (non-hydrogen) atoms. The first-order chi connectivity index (χ1) is 5.42. The standard InChI is InChI=1S/C7H8N4/c8-5-6-7-10-2-4-11(7)3-1-9-6/h1-4H,5,8H2. The fraction of sp³-hybridized carbons (Fsp3) is 0.143. The molecule has 2 N–H and O–H groups in total. The summed E-state index contributed by atoms with van der Waals surface area (Å²) in [5.74, 6) is 0. The second kappa shape index (κ2) is 2.32. The number of rotatable bonds is 1. The van der Waals surface area contributed by atoms with Gasteiger partial charge in [-0.2, -0.15) is 0 Å². The van der Waals surface area contributed by atoms with Crippen molar-refractivity contribution in [2.45, 2.75) is 6.54 Å². The van der Waals surface area contributed by atoms with E-state index in [4.69, 9.17) is 5.73 Å². The van der Waals surface area contributed by atoms with E-state index in [0.717, 1.165) is 11.3 Å². The molecule has 2 heterocycles. The molecule has 56 valence electrons. The first kappa shape index (κ1) is 6.30. The van der Waals surface area contributed by atoms with Crippen molar-refractivity contribution in [2.75, 3.05) is 0 Å². The Kier molecular flexibility index (Phi) is 1.33. The summed E-state index contributed by atoms with van der Waals surface area (Å²) in [6.07, 6.45) is 7.17. The van der Waals surface area contributed by atoms with Crippen LogP contribution in [-0.2, 0) is 6.54 Å². The van der Waals surface area contributed by atoms with Crippen LogP contribution < -0.4 is 5.73 Å². The molecular formula is C7H8N4. The van der Waals surface area contributed by atoms with Crippen molar-refractivity contribution in [3.8, 4) is 0 Å². The van der Waals surface area contributed by atoms with Crippen molar-refractivity contribution < 1.29 is 0 Å². The predicted molar refractivity (Wildman–Crippen MR) is 40.9 cm³/mol. The van der Waals surface area contributed by atoms with Gasteiger partial charge in [0.25, 0.3) is 0 Å². The first-order valence-corrected chi connectivity index (χ1v) is 3.38. The SMILES string of the molecule is NCc1nccn2ccnc12. The molecule has 0 bridgehead atoms. The van der Waals surface area contributed by atoms with Gasteiger partial charge in [0.05, 0.1) is 5.69 Å². The molecular weight excluding hydrogens is 140 g/mol. The van der Waals surface area contributed by atoms with Crippen molar-refractivity contribution in [3.63, 3.8) is 0 Å². The van der Waals surface area contributed by atoms with Gasteiger partial charge in [0, 0.05) is 31.3 Å². The van der Waals surface area contributed by atoms with Gasteiger partial charge in [-0.05, 0) is 0 Å². The largest absolute Gasteiger partial charge is 0.325 e. The van der Waals surface area contributed by atoms with E-state index in [2.05, 4.69) is 9.97 Å². The molecule has 0 fully saturated rings. The quantitative estimate of drug-likeness (QED) is 0.628. The zero-order valence-corrected chi connectivity index (χ0v) is 5.94. The average Bonchev–Trinajstić information content (AvgIpc) is 2.50. The highest BCUT2D eigenvalue weighted by molar-refractivity contribution is 5.42. The Labute approximate surface area is 63.7 Å². The molecule has 0 atom stereocenters. The molecule has 0 saturated heterocycles. The van der Waals surface area contributed by atoms with Gasteiger partial charge in [-0.3, -0.25) is 4.98 Å². The predicted octanol–water partition coefficient (Wildman–Crippen LogP) is 0.188. The third-order valence-electron chi connectivity index (χ3n) is 1.58. The van der Waals surface area contributed by atoms with Crippen molar-refractivity contribution in [3.05, 3.63) is 30.5 Å². The van der Waals surface area contributed by atoms with Gasteiger partial charge in [-0.25, -0.2) is 4.98 Å². The van der Waals surface area contributed by atoms with E-state index >= 15 is 0 Å². The third-order valence-corrected chi connectivity index (χ3v) is 1.58. The maximum Gasteiger partial charge on any atom is 0.159 e. The van der Waals surface area contributed by atoms with Crippen LogP contribution in [0.5, 0.6) is 0 Å². The molecule has 4 heteroatoms. The highest BCUT2D eigenvalue weighted by Crippen LogP contribution is 2.02. The molecule has 2 aromatic rings. The number of imidazole rings is 1. The summed E-state index contributed by atoms with van der Waals surface area (Å²) in [6.45, 7) is 0.432. The van der Waals surface area contributed by atoms with E-state index in [0.29, 0.717) is 6.54 Å². The van der Waals surface area contributed by atoms with Gasteiger partial charge in [-0.15, -0.1) is 0 Å². The van der Waals surface area contributed by atoms with Crippen LogP contribution >= 0.6 is 0 Å². The molecule has 0 radical (unpaired) electrons. The maximum absolute atomic E-state index is 5.46. The van der Waals surface area contributed by atoms with Crippen LogP contribution in [0.1, 0.15) is 5.69 Å². The van der Waals surface area contributed by atoms with Gasteiger partial charge >= 0.3 is 0 Å². The van der Waals surface area contributed by atoms with Crippen LogP contribution in [0.2, 0.25) is 0 Å². The summed E-state index contributed by atoms with van der Waals surface area (Å²) in [5.41, 5.74) is 7.13. The minimum absolute atomic E-state index is 0.432. The normalized spacial score (nSPS) is 10.6. The number of nitrogens with zero attached hydrogens (tertiary/aromatic N) is 3. The van der Waals surface area contributed by atoms with Crippen LogP contribution in [0, 0.1) is 0 Å². The summed E-state index contributed by atoms with van der Waals surface area (Å²) in [6, 6.07) is 0. The highest BCUT2D eigenvalue weighted by atomic mass is 15.0. The van der Waals surface area contributed by atoms with E-state index in [9.17, 15) is 0 Å². The topological polar surface area (TPSA) is 56.2 Å². The van der Waals surface area contributed by atoms with Gasteiger partial charge in [0.2, 0.25) is 0 Å². The molecule has 0 amide bonds. The molecule has 0 saturated carbocycles. The van der Waals surface area contributed by atoms with Crippen molar-refractivity contribution >= 4 is 5.65 Å². The summed E-state index contributed by atoms with van der Waals surface area (Å²) in [4.78, 5) is 8.20. The molecule has 0 spiro atoms. The second-order valence-corrected chi connectivity index (χ2v) is 2.24. The summed E-state index contributed by atoms with van der Waals surface area (Å²) in [7, 11) is 0. The molecule has 2 aromatic heterocycles. The van der Waals surface area contributed by atoms with Gasteiger partial charge < -0.3 is 10.1 Å². The van der Waals surface area contributed by atoms with E-state index < -0.39 is 0 Å². The van der Waals surface area contributed by atoms with Crippen LogP contribution in [0.4, 0.5) is 0 Å². The lowest BCUT2D eigenvalue weighted by Crippen LogP contribution is -2.02. The Morgan fingerprint density at radius 3 is 2.73 bits per heavy atom. The van der Waals surface area contributed by atoms with Gasteiger partial charge in [-0.1, -0.05) is 0 Å². The fourth-order valence-electron chi connectivity index (χ4n) is 1.05. The molecule has 0 aliphatic carbocycles. The van der Waals surface area contributed by atoms with E-state index in [1.165, 1.54) is 0 Å². The number of hydrogen-bond donors (Lipinski definition) is 1. The minimum atomic E-state index is 0.432. The van der Waals surface area contributed by atoms with Crippen molar-refractivity contribution in [1.82, 2.24) is 14.4 Å². The van der Waals surface area contributed by atoms with Crippen molar-refractivity contribution in [1.29, 1.82) is 0 Å². The van der Waals surface area contributed by atoms with Crippen LogP contribution in [0.3, 0.4) is 0 Å². The Bertz CT molecular complexity index is 365. The monoisotopic (exact) mass is 148 g/mol. The van der Waals surface area contributed by atoms with E-state index in [-0.39, 0.29) is 0 Å². The summed E-state index contributed by atoms with van der Waals surface area (Å²) < 4.78 is 1.90. The summed E-state index contributed by atoms with van der Waals surface area (Å²) >= 11 is 0. The Morgan fingerprint density at radius 1 is 1.27 bits per heavy atom. The minimum Gasteiger partial charge on any atom is -0.325 e. The van der Waals surface area contributed by atoms with E-state index in [1.54, 1.807) is 12.4 Å². The van der Waals surface area contributed by atoms with Crippen LogP contribution in [0.15, 0.2) is 24.8 Å². The first-order valence-electron chi connectivity index (χ1n) is 3.38. The Balaban J connectivity index is 2.79. The van der Waals surface area contributed by atoms with Gasteiger partial charge in [0.1, 0.15) is 0 Å². The molecule has 0 aliphatic rings. The molecule has 0 unspecified atom stereocenters. The number of nitrogens with two attached hydrogens (primary N) is 1. The Hall–Kier alpha value is -1.42. The zero-order chi connectivity index (χ0) is 7.68. The fourth-order valence-corrected chi connectivity index (χ4v) is 1.05. The zero-order valence-electron chi connectivity index (χ0n) is 5.94. The van der Waals surface area contributed by atoms with Crippen LogP contribution in [-0.4, -0.2) is 14.4 Å². The third kappa shape index (κ3) is 0.877. The number of hydrogen-bond acceptors (Lipinski definition) is 3. The van der Waals surface area contributed by atoms with Crippen LogP contribution in [0.25, 0.3) is 5.65 Å². The van der Waals surface area contributed by atoms with Crippen molar-refractivity contribution in [2.24, 2.45) is 5.73 Å². The summed E-state index contributed by atoms with van der Waals surface area (Å²) in [5, 5.41) is 0. The van der Waals surface area contributed by atoms with E-state index in [1.807, 2.05) is 16.8 Å². The average molecular weight is 148 g/mol. The highest BCUT2D eigenvalue weighted by Gasteiger charge is 1.99. The maximum atomic E-state index is 5.46. The molecule has 4 nitrogen and oxygen atoms in total.